The number of aliphatic hydroxyl groups is 1. The van der Waals surface area contributed by atoms with Gasteiger partial charge in [-0.2, -0.15) is 0 Å². The number of carbonyl (C=O) groups excluding carboxylic acids is 1. The summed E-state index contributed by atoms with van der Waals surface area (Å²) in [6.07, 6.45) is 1.60. The Hall–Kier alpha value is -1.80. The number of likely N-dealkylation sites (tertiary alicyclic amines) is 2. The van der Waals surface area contributed by atoms with Crippen LogP contribution >= 0.6 is 0 Å². The number of methoxy groups -OCH3 is 1. The van der Waals surface area contributed by atoms with Gasteiger partial charge in [-0.15, -0.1) is 0 Å². The molecule has 6 nitrogen and oxygen atoms in total. The predicted octanol–water partition coefficient (Wildman–Crippen LogP) is 1.40. The van der Waals surface area contributed by atoms with Crippen molar-refractivity contribution in [3.8, 4) is 5.88 Å². The van der Waals surface area contributed by atoms with Gasteiger partial charge in [0.1, 0.15) is 5.56 Å². The van der Waals surface area contributed by atoms with Crippen LogP contribution in [-0.4, -0.2) is 77.2 Å². The number of hydrogen-bond acceptors (Lipinski definition) is 5. The summed E-state index contributed by atoms with van der Waals surface area (Å²) in [6.45, 7) is 1.42. The standard InChI is InChI=1S/C17H23F2N3O3/c1-25-14-13(3-2-7-20-14)15(23)22-10-4-16(24,12-22)11-21-8-5-17(18,19)6-9-21/h2-3,7,24H,4-6,8-12H2,1H3/t16-/m0/s1. The molecule has 0 radical (unpaired) electrons. The second-order valence-corrected chi connectivity index (χ2v) is 6.89. The molecule has 1 aromatic heterocycles. The molecule has 1 aromatic rings. The lowest BCUT2D eigenvalue weighted by atomic mass is 10.00. The molecule has 8 heteroatoms. The summed E-state index contributed by atoms with van der Waals surface area (Å²) in [5, 5.41) is 10.8. The molecule has 2 aliphatic rings. The maximum Gasteiger partial charge on any atom is 0.259 e. The van der Waals surface area contributed by atoms with Crippen LogP contribution in [0.2, 0.25) is 0 Å². The fourth-order valence-electron chi connectivity index (χ4n) is 3.50. The van der Waals surface area contributed by atoms with Gasteiger partial charge in [0.25, 0.3) is 11.8 Å². The summed E-state index contributed by atoms with van der Waals surface area (Å²) in [4.78, 5) is 20.1. The van der Waals surface area contributed by atoms with E-state index in [1.165, 1.54) is 7.11 Å². The van der Waals surface area contributed by atoms with Crippen LogP contribution in [0.1, 0.15) is 29.6 Å². The molecule has 0 unspecified atom stereocenters. The fourth-order valence-corrected chi connectivity index (χ4v) is 3.50. The zero-order valence-corrected chi connectivity index (χ0v) is 14.3. The van der Waals surface area contributed by atoms with E-state index in [9.17, 15) is 18.7 Å². The molecule has 2 saturated heterocycles. The molecule has 3 rings (SSSR count). The van der Waals surface area contributed by atoms with Gasteiger partial charge < -0.3 is 14.7 Å². The third-order valence-corrected chi connectivity index (χ3v) is 4.92. The molecule has 2 aliphatic heterocycles. The first-order valence-corrected chi connectivity index (χ1v) is 8.43. The number of piperidine rings is 1. The van der Waals surface area contributed by atoms with Gasteiger partial charge in [0.2, 0.25) is 5.88 Å². The van der Waals surface area contributed by atoms with Gasteiger partial charge in [-0.3, -0.25) is 9.69 Å². The highest BCUT2D eigenvalue weighted by molar-refractivity contribution is 5.96. The Morgan fingerprint density at radius 3 is 2.72 bits per heavy atom. The van der Waals surface area contributed by atoms with Crippen LogP contribution in [0.4, 0.5) is 8.78 Å². The first kappa shape index (κ1) is 18.0. The molecule has 1 amide bonds. The highest BCUT2D eigenvalue weighted by Gasteiger charge is 2.42. The fraction of sp³-hybridized carbons (Fsp3) is 0.647. The van der Waals surface area contributed by atoms with Crippen LogP contribution in [0.15, 0.2) is 18.3 Å². The van der Waals surface area contributed by atoms with Gasteiger partial charge in [-0.1, -0.05) is 0 Å². The van der Waals surface area contributed by atoms with Crippen LogP contribution < -0.4 is 4.74 Å². The van der Waals surface area contributed by atoms with E-state index in [0.29, 0.717) is 25.1 Å². The van der Waals surface area contributed by atoms with E-state index in [1.807, 2.05) is 4.90 Å². The molecular weight excluding hydrogens is 332 g/mol. The first-order chi connectivity index (χ1) is 11.8. The van der Waals surface area contributed by atoms with E-state index in [2.05, 4.69) is 4.98 Å². The molecule has 138 valence electrons. The highest BCUT2D eigenvalue weighted by Crippen LogP contribution is 2.31. The van der Waals surface area contributed by atoms with Crippen molar-refractivity contribution in [1.82, 2.24) is 14.8 Å². The molecule has 3 heterocycles. The van der Waals surface area contributed by atoms with Crippen molar-refractivity contribution >= 4 is 5.91 Å². The summed E-state index contributed by atoms with van der Waals surface area (Å²) < 4.78 is 31.6. The smallest absolute Gasteiger partial charge is 0.259 e. The zero-order valence-electron chi connectivity index (χ0n) is 14.3. The number of ether oxygens (including phenoxy) is 1. The molecule has 0 saturated carbocycles. The lowest BCUT2D eigenvalue weighted by molar-refractivity contribution is -0.0720. The summed E-state index contributed by atoms with van der Waals surface area (Å²) in [5.74, 6) is -2.60. The first-order valence-electron chi connectivity index (χ1n) is 8.43. The molecule has 0 aromatic carbocycles. The topological polar surface area (TPSA) is 65.9 Å². The normalized spacial score (nSPS) is 26.6. The Bertz CT molecular complexity index is 633. The summed E-state index contributed by atoms with van der Waals surface area (Å²) in [6, 6.07) is 3.30. The molecule has 1 N–H and O–H groups in total. The maximum absolute atomic E-state index is 13.3. The van der Waals surface area contributed by atoms with Crippen molar-refractivity contribution in [3.63, 3.8) is 0 Å². The minimum atomic E-state index is -2.60. The second kappa shape index (κ2) is 6.84. The average molecular weight is 355 g/mol. The van der Waals surface area contributed by atoms with E-state index < -0.39 is 11.5 Å². The Morgan fingerprint density at radius 2 is 2.04 bits per heavy atom. The number of carbonyl (C=O) groups is 1. The van der Waals surface area contributed by atoms with Gasteiger partial charge in [0.05, 0.1) is 19.3 Å². The Labute approximate surface area is 145 Å². The zero-order chi connectivity index (χ0) is 18.1. The lowest BCUT2D eigenvalue weighted by Crippen LogP contribution is -2.49. The monoisotopic (exact) mass is 355 g/mol. The second-order valence-electron chi connectivity index (χ2n) is 6.89. The van der Waals surface area contributed by atoms with Gasteiger partial charge in [-0.05, 0) is 18.6 Å². The Kier molecular flexibility index (Phi) is 4.92. The van der Waals surface area contributed by atoms with Crippen molar-refractivity contribution in [3.05, 3.63) is 23.9 Å². The molecule has 0 aliphatic carbocycles. The number of pyridine rings is 1. The van der Waals surface area contributed by atoms with E-state index in [4.69, 9.17) is 4.74 Å². The number of nitrogens with zero attached hydrogens (tertiary/aromatic N) is 3. The van der Waals surface area contributed by atoms with Crippen molar-refractivity contribution in [1.29, 1.82) is 0 Å². The largest absolute Gasteiger partial charge is 0.480 e. The van der Waals surface area contributed by atoms with E-state index in [1.54, 1.807) is 23.2 Å². The Balaban J connectivity index is 1.61. The lowest BCUT2D eigenvalue weighted by Gasteiger charge is -2.36. The van der Waals surface area contributed by atoms with Crippen molar-refractivity contribution in [2.24, 2.45) is 0 Å². The van der Waals surface area contributed by atoms with E-state index in [0.717, 1.165) is 0 Å². The van der Waals surface area contributed by atoms with Crippen molar-refractivity contribution in [2.45, 2.75) is 30.8 Å². The van der Waals surface area contributed by atoms with Crippen LogP contribution in [0.3, 0.4) is 0 Å². The average Bonchev–Trinajstić information content (AvgIpc) is 2.98. The number of alkyl halides is 2. The summed E-state index contributed by atoms with van der Waals surface area (Å²) in [7, 11) is 1.45. The third kappa shape index (κ3) is 4.07. The van der Waals surface area contributed by atoms with Crippen LogP contribution in [0.25, 0.3) is 0 Å². The number of rotatable bonds is 4. The minimum Gasteiger partial charge on any atom is -0.480 e. The number of halogens is 2. The van der Waals surface area contributed by atoms with Gasteiger partial charge in [0, 0.05) is 45.2 Å². The quantitative estimate of drug-likeness (QED) is 0.884. The highest BCUT2D eigenvalue weighted by atomic mass is 19.3. The SMILES string of the molecule is COc1ncccc1C(=O)N1CC[C@](O)(CN2CCC(F)(F)CC2)C1. The van der Waals surface area contributed by atoms with E-state index >= 15 is 0 Å². The number of hydrogen-bond donors (Lipinski definition) is 1. The molecule has 0 bridgehead atoms. The number of β-amino-alcohol motifs (C(OH)–C–C–N with tert-alkyl or cyclic N) is 1. The van der Waals surface area contributed by atoms with Gasteiger partial charge in [-0.25, -0.2) is 13.8 Å². The molecule has 0 spiro atoms. The Morgan fingerprint density at radius 1 is 1.32 bits per heavy atom. The van der Waals surface area contributed by atoms with Gasteiger partial charge >= 0.3 is 0 Å². The summed E-state index contributed by atoms with van der Waals surface area (Å²) >= 11 is 0. The number of aromatic nitrogens is 1. The molecule has 2 fully saturated rings. The van der Waals surface area contributed by atoms with Crippen LogP contribution in [0, 0.1) is 0 Å². The van der Waals surface area contributed by atoms with Crippen molar-refractivity contribution < 1.29 is 23.4 Å². The minimum absolute atomic E-state index is 0.177. The van der Waals surface area contributed by atoms with Crippen molar-refractivity contribution in [2.75, 3.05) is 39.8 Å². The maximum atomic E-state index is 13.3. The van der Waals surface area contributed by atoms with Gasteiger partial charge in [0.15, 0.2) is 0 Å². The molecular formula is C17H23F2N3O3. The third-order valence-electron chi connectivity index (χ3n) is 4.92. The predicted molar refractivity (Wildman–Crippen MR) is 86.9 cm³/mol. The van der Waals surface area contributed by atoms with Crippen LogP contribution in [0.5, 0.6) is 5.88 Å². The van der Waals surface area contributed by atoms with Crippen LogP contribution in [-0.2, 0) is 0 Å². The summed E-state index contributed by atoms with van der Waals surface area (Å²) in [5.41, 5.74) is -0.718. The molecule has 1 atom stereocenters. The molecule has 25 heavy (non-hydrogen) atoms. The number of amides is 1. The van der Waals surface area contributed by atoms with E-state index in [-0.39, 0.29) is 44.3 Å².